The lowest BCUT2D eigenvalue weighted by Crippen LogP contribution is -2.55. The average Bonchev–Trinajstić information content (AvgIpc) is 2.75. The highest BCUT2D eigenvalue weighted by molar-refractivity contribution is 7.88. The predicted octanol–water partition coefficient (Wildman–Crippen LogP) is 0.0388. The smallest absolute Gasteiger partial charge is 0.211 e. The van der Waals surface area contributed by atoms with Crippen molar-refractivity contribution in [2.45, 2.75) is 25.3 Å². The van der Waals surface area contributed by atoms with Gasteiger partial charge in [-0.2, -0.15) is 4.31 Å². The van der Waals surface area contributed by atoms with Gasteiger partial charge in [-0.1, -0.05) is 0 Å². The maximum Gasteiger partial charge on any atom is 0.211 e. The molecule has 0 radical (unpaired) electrons. The Morgan fingerprint density at radius 2 is 2.07 bits per heavy atom. The van der Waals surface area contributed by atoms with E-state index in [1.54, 1.807) is 0 Å². The lowest BCUT2D eigenvalue weighted by atomic mass is 9.88. The van der Waals surface area contributed by atoms with E-state index in [2.05, 4.69) is 0 Å². The average molecular weight is 219 g/mol. The van der Waals surface area contributed by atoms with Crippen LogP contribution in [0.2, 0.25) is 0 Å². The summed E-state index contributed by atoms with van der Waals surface area (Å²) in [6.45, 7) is 0.758. The summed E-state index contributed by atoms with van der Waals surface area (Å²) in [5.41, 5.74) is 0. The van der Waals surface area contributed by atoms with Crippen LogP contribution in [0.5, 0.6) is 0 Å². The fourth-order valence-corrected chi connectivity index (χ4v) is 3.52. The molecule has 2 aliphatic rings. The summed E-state index contributed by atoms with van der Waals surface area (Å²) in [6.07, 6.45) is 4.47. The minimum atomic E-state index is -3.05. The van der Waals surface area contributed by atoms with Crippen molar-refractivity contribution >= 4 is 10.0 Å². The quantitative estimate of drug-likeness (QED) is 0.726. The Bertz CT molecular complexity index is 310. The van der Waals surface area contributed by atoms with Gasteiger partial charge in [0.15, 0.2) is 0 Å². The molecule has 5 heteroatoms. The summed E-state index contributed by atoms with van der Waals surface area (Å²) >= 11 is 0. The molecule has 0 spiro atoms. The van der Waals surface area contributed by atoms with Crippen LogP contribution in [-0.2, 0) is 10.0 Å². The summed E-state index contributed by atoms with van der Waals surface area (Å²) in [5.74, 6) is 0.744. The molecule has 0 bridgehead atoms. The third kappa shape index (κ3) is 1.81. The van der Waals surface area contributed by atoms with Crippen LogP contribution in [-0.4, -0.2) is 43.3 Å². The standard InChI is InChI=1S/C9H17NO3S/c1-14(12,13)10-5-4-9(10)8(6-11)7-2-3-7/h7-9,11H,2-6H2,1H3. The Hall–Kier alpha value is -0.130. The second-order valence-electron chi connectivity index (χ2n) is 4.41. The topological polar surface area (TPSA) is 57.6 Å². The normalized spacial score (nSPS) is 31.1. The van der Waals surface area contributed by atoms with Crippen molar-refractivity contribution < 1.29 is 13.5 Å². The van der Waals surface area contributed by atoms with E-state index in [1.165, 1.54) is 10.6 Å². The van der Waals surface area contributed by atoms with E-state index < -0.39 is 10.0 Å². The van der Waals surface area contributed by atoms with Crippen molar-refractivity contribution in [1.82, 2.24) is 4.31 Å². The molecule has 0 amide bonds. The van der Waals surface area contributed by atoms with Gasteiger partial charge in [-0.25, -0.2) is 8.42 Å². The molecule has 1 N–H and O–H groups in total. The molecule has 82 valence electrons. The van der Waals surface area contributed by atoms with E-state index in [9.17, 15) is 13.5 Å². The Labute approximate surface area is 85.0 Å². The van der Waals surface area contributed by atoms with Crippen LogP contribution in [0, 0.1) is 11.8 Å². The Morgan fingerprint density at radius 1 is 1.43 bits per heavy atom. The molecular formula is C9H17NO3S. The number of sulfonamides is 1. The van der Waals surface area contributed by atoms with E-state index in [-0.39, 0.29) is 18.6 Å². The van der Waals surface area contributed by atoms with E-state index >= 15 is 0 Å². The zero-order chi connectivity index (χ0) is 10.3. The molecule has 0 aromatic carbocycles. The first kappa shape index (κ1) is 10.4. The van der Waals surface area contributed by atoms with Crippen molar-refractivity contribution in [3.8, 4) is 0 Å². The van der Waals surface area contributed by atoms with Crippen LogP contribution in [0.1, 0.15) is 19.3 Å². The molecular weight excluding hydrogens is 202 g/mol. The van der Waals surface area contributed by atoms with E-state index in [4.69, 9.17) is 0 Å². The lowest BCUT2D eigenvalue weighted by molar-refractivity contribution is 0.0751. The fraction of sp³-hybridized carbons (Fsp3) is 1.00. The molecule has 1 saturated heterocycles. The van der Waals surface area contributed by atoms with Gasteiger partial charge in [0.2, 0.25) is 10.0 Å². The van der Waals surface area contributed by atoms with Crippen molar-refractivity contribution in [3.05, 3.63) is 0 Å². The Balaban J connectivity index is 2.04. The minimum Gasteiger partial charge on any atom is -0.396 e. The largest absolute Gasteiger partial charge is 0.396 e. The molecule has 0 aromatic rings. The minimum absolute atomic E-state index is 0.0718. The van der Waals surface area contributed by atoms with Crippen molar-refractivity contribution in [2.24, 2.45) is 11.8 Å². The third-order valence-electron chi connectivity index (χ3n) is 3.37. The van der Waals surface area contributed by atoms with Crippen LogP contribution in [0.3, 0.4) is 0 Å². The van der Waals surface area contributed by atoms with Crippen molar-refractivity contribution in [1.29, 1.82) is 0 Å². The van der Waals surface area contributed by atoms with E-state index in [0.717, 1.165) is 19.3 Å². The number of nitrogens with zero attached hydrogens (tertiary/aromatic N) is 1. The number of aliphatic hydroxyl groups excluding tert-OH is 1. The Morgan fingerprint density at radius 3 is 2.36 bits per heavy atom. The van der Waals surface area contributed by atoms with Gasteiger partial charge in [-0.15, -0.1) is 0 Å². The lowest BCUT2D eigenvalue weighted by Gasteiger charge is -2.43. The highest BCUT2D eigenvalue weighted by Gasteiger charge is 2.45. The second-order valence-corrected chi connectivity index (χ2v) is 6.35. The van der Waals surface area contributed by atoms with Gasteiger partial charge in [0.25, 0.3) is 0 Å². The van der Waals surface area contributed by atoms with E-state index in [0.29, 0.717) is 12.5 Å². The zero-order valence-corrected chi connectivity index (χ0v) is 9.20. The number of aliphatic hydroxyl groups is 1. The van der Waals surface area contributed by atoms with Gasteiger partial charge in [-0.05, 0) is 25.2 Å². The first-order valence-electron chi connectivity index (χ1n) is 5.11. The van der Waals surface area contributed by atoms with Gasteiger partial charge in [0.1, 0.15) is 0 Å². The maximum atomic E-state index is 11.3. The van der Waals surface area contributed by atoms with Crippen molar-refractivity contribution in [2.75, 3.05) is 19.4 Å². The molecule has 2 fully saturated rings. The summed E-state index contributed by atoms with van der Waals surface area (Å²) in [5, 5.41) is 9.23. The molecule has 2 rings (SSSR count). The summed E-state index contributed by atoms with van der Waals surface area (Å²) in [4.78, 5) is 0. The van der Waals surface area contributed by atoms with Gasteiger partial charge < -0.3 is 5.11 Å². The van der Waals surface area contributed by atoms with Crippen LogP contribution in [0.4, 0.5) is 0 Å². The van der Waals surface area contributed by atoms with E-state index in [1.807, 2.05) is 0 Å². The molecule has 2 unspecified atom stereocenters. The summed E-state index contributed by atoms with van der Waals surface area (Å²) < 4.78 is 24.2. The second kappa shape index (κ2) is 3.47. The first-order chi connectivity index (χ1) is 6.54. The molecule has 4 nitrogen and oxygen atoms in total. The monoisotopic (exact) mass is 219 g/mol. The van der Waals surface area contributed by atoms with Crippen LogP contribution < -0.4 is 0 Å². The fourth-order valence-electron chi connectivity index (χ4n) is 2.33. The third-order valence-corrected chi connectivity index (χ3v) is 4.68. The van der Waals surface area contributed by atoms with Crippen molar-refractivity contribution in [3.63, 3.8) is 0 Å². The SMILES string of the molecule is CS(=O)(=O)N1CCC1C(CO)C1CC1. The molecule has 1 aliphatic heterocycles. The highest BCUT2D eigenvalue weighted by Crippen LogP contribution is 2.43. The first-order valence-corrected chi connectivity index (χ1v) is 6.96. The van der Waals surface area contributed by atoms with Crippen LogP contribution in [0.15, 0.2) is 0 Å². The van der Waals surface area contributed by atoms with Crippen LogP contribution >= 0.6 is 0 Å². The summed E-state index contributed by atoms with van der Waals surface area (Å²) in [6, 6.07) is 0.0718. The number of hydrogen-bond acceptors (Lipinski definition) is 3. The van der Waals surface area contributed by atoms with Gasteiger partial charge in [0, 0.05) is 25.1 Å². The molecule has 1 aliphatic carbocycles. The number of rotatable bonds is 4. The van der Waals surface area contributed by atoms with Gasteiger partial charge >= 0.3 is 0 Å². The molecule has 2 atom stereocenters. The summed E-state index contributed by atoms with van der Waals surface area (Å²) in [7, 11) is -3.05. The highest BCUT2D eigenvalue weighted by atomic mass is 32.2. The molecule has 0 aromatic heterocycles. The maximum absolute atomic E-state index is 11.3. The molecule has 1 heterocycles. The number of hydrogen-bond donors (Lipinski definition) is 1. The van der Waals surface area contributed by atoms with Gasteiger partial charge in [-0.3, -0.25) is 0 Å². The molecule has 1 saturated carbocycles. The van der Waals surface area contributed by atoms with Crippen LogP contribution in [0.25, 0.3) is 0 Å². The Kier molecular flexibility index (Phi) is 2.57. The molecule has 14 heavy (non-hydrogen) atoms. The zero-order valence-electron chi connectivity index (χ0n) is 8.39. The van der Waals surface area contributed by atoms with Gasteiger partial charge in [0.05, 0.1) is 6.26 Å². The predicted molar refractivity (Wildman–Crippen MR) is 53.3 cm³/mol.